The number of nitrogens with zero attached hydrogens (tertiary/aromatic N) is 3. The number of morpholine rings is 2. The lowest BCUT2D eigenvalue weighted by atomic mass is 10.0. The maximum atomic E-state index is 12.8. The minimum absolute atomic E-state index is 0.263. The second-order valence-corrected chi connectivity index (χ2v) is 11.6. The molecule has 4 N–H and O–H groups in total. The molecule has 244 valence electrons. The Morgan fingerprint density at radius 3 is 1.93 bits per heavy atom. The summed E-state index contributed by atoms with van der Waals surface area (Å²) in [4.78, 5) is 9.55. The van der Waals surface area contributed by atoms with Crippen molar-refractivity contribution in [1.82, 2.24) is 15.3 Å². The first-order valence-electron chi connectivity index (χ1n) is 12.9. The van der Waals surface area contributed by atoms with Crippen molar-refractivity contribution < 1.29 is 50.4 Å². The Morgan fingerprint density at radius 1 is 0.860 bits per heavy atom. The zero-order valence-corrected chi connectivity index (χ0v) is 27.0. The van der Waals surface area contributed by atoms with Gasteiger partial charge in [-0.1, -0.05) is 0 Å². The highest BCUT2D eigenvalue weighted by atomic mass is 127. The number of ether oxygens (including phenoxy) is 2. The van der Waals surface area contributed by atoms with Gasteiger partial charge in [-0.2, -0.15) is 30.7 Å². The lowest BCUT2D eigenvalue weighted by Crippen LogP contribution is -2.39. The third-order valence-electron chi connectivity index (χ3n) is 5.81. The molecule has 2 saturated heterocycles. The largest absolute Gasteiger partial charge is 0.410 e. The van der Waals surface area contributed by atoms with Crippen LogP contribution in [-0.4, -0.2) is 104 Å². The van der Waals surface area contributed by atoms with Gasteiger partial charge in [0.25, 0.3) is 0 Å². The molecule has 2 atom stereocenters. The molecule has 4 rings (SSSR count). The number of halogens is 9. The van der Waals surface area contributed by atoms with Gasteiger partial charge in [0, 0.05) is 51.5 Å². The van der Waals surface area contributed by atoms with Crippen molar-refractivity contribution in [2.75, 3.05) is 76.0 Å². The number of anilines is 2. The number of alkyl halides is 6. The summed E-state index contributed by atoms with van der Waals surface area (Å²) < 4.78 is 99.3. The smallest absolute Gasteiger partial charge is 0.396 e. The first-order chi connectivity index (χ1) is 20.2. The number of aromatic nitrogens is 2. The zero-order chi connectivity index (χ0) is 32.0. The van der Waals surface area contributed by atoms with Crippen molar-refractivity contribution in [2.24, 2.45) is 5.92 Å². The van der Waals surface area contributed by atoms with E-state index in [-0.39, 0.29) is 12.2 Å². The van der Waals surface area contributed by atoms with Crippen LogP contribution in [0.1, 0.15) is 5.69 Å². The van der Waals surface area contributed by atoms with Crippen molar-refractivity contribution in [3.63, 3.8) is 0 Å². The van der Waals surface area contributed by atoms with Crippen LogP contribution in [0.25, 0.3) is 0 Å². The predicted octanol–water partition coefficient (Wildman–Crippen LogP) is 4.00. The van der Waals surface area contributed by atoms with Gasteiger partial charge in [-0.25, -0.2) is 9.97 Å². The number of nitrogens with one attached hydrogen (secondary N) is 2. The molecule has 2 aliphatic heterocycles. The topological polar surface area (TPSA) is 112 Å². The fourth-order valence-electron chi connectivity index (χ4n) is 3.60. The fraction of sp³-hybridized carbons (Fsp3) is 0.600. The Bertz CT molecular complexity index is 1080. The number of rotatable bonds is 7. The molecule has 0 unspecified atom stereocenters. The fourth-order valence-corrected chi connectivity index (χ4v) is 4.79. The zero-order valence-electron chi connectivity index (χ0n) is 22.7. The number of hydrogen-bond donors (Lipinski definition) is 4. The molecule has 0 saturated carbocycles. The van der Waals surface area contributed by atoms with Crippen LogP contribution in [0.3, 0.4) is 0 Å². The van der Waals surface area contributed by atoms with E-state index < -0.39 is 43.5 Å². The summed E-state index contributed by atoms with van der Waals surface area (Å²) in [6, 6.07) is 3.64. The van der Waals surface area contributed by atoms with Crippen LogP contribution >= 0.6 is 45.2 Å². The van der Waals surface area contributed by atoms with Crippen molar-refractivity contribution in [3.05, 3.63) is 43.0 Å². The summed E-state index contributed by atoms with van der Waals surface area (Å²) in [5.41, 5.74) is 0.347. The van der Waals surface area contributed by atoms with Crippen LogP contribution in [-0.2, 0) is 15.9 Å². The summed E-state index contributed by atoms with van der Waals surface area (Å²) in [6.07, 6.45) is -9.35. The van der Waals surface area contributed by atoms with Crippen LogP contribution in [0.15, 0.2) is 24.3 Å². The van der Waals surface area contributed by atoms with E-state index in [1.54, 1.807) is 28.7 Å². The molecule has 9 nitrogen and oxygen atoms in total. The van der Waals surface area contributed by atoms with Gasteiger partial charge in [-0.3, -0.25) is 0 Å². The molecule has 0 aliphatic carbocycles. The monoisotopic (exact) mass is 853 g/mol. The molecule has 4 heterocycles. The Morgan fingerprint density at radius 2 is 1.47 bits per heavy atom. The molecular weight excluding hydrogens is 821 g/mol. The van der Waals surface area contributed by atoms with E-state index in [4.69, 9.17) is 19.7 Å². The highest BCUT2D eigenvalue weighted by molar-refractivity contribution is 14.1. The SMILES string of the molecule is C1COCCN1.OC[C@H](Cc1cc(I)cc(N2CCOCC2)n1)C(F)(F)F.OC[C@H](Nc1cc(I)cc(F)n1)C(F)(F)F. The number of hydrogen-bond acceptors (Lipinski definition) is 9. The molecule has 2 aliphatic rings. The van der Waals surface area contributed by atoms with E-state index >= 15 is 0 Å². The first kappa shape index (κ1) is 37.9. The molecule has 43 heavy (non-hydrogen) atoms. The normalized spacial score (nSPS) is 17.1. The van der Waals surface area contributed by atoms with E-state index in [0.717, 1.165) is 35.9 Å². The highest BCUT2D eigenvalue weighted by Gasteiger charge is 2.40. The van der Waals surface area contributed by atoms with Gasteiger partial charge in [0.05, 0.1) is 45.6 Å². The van der Waals surface area contributed by atoms with E-state index in [1.165, 1.54) is 6.07 Å². The highest BCUT2D eigenvalue weighted by Crippen LogP contribution is 2.29. The third kappa shape index (κ3) is 14.5. The summed E-state index contributed by atoms with van der Waals surface area (Å²) in [7, 11) is 0. The maximum absolute atomic E-state index is 12.8. The van der Waals surface area contributed by atoms with Crippen LogP contribution in [0, 0.1) is 19.0 Å². The van der Waals surface area contributed by atoms with Gasteiger partial charge in [-0.15, -0.1) is 0 Å². The Kier molecular flexibility index (Phi) is 16.4. The molecule has 18 heteroatoms. The lowest BCUT2D eigenvalue weighted by molar-refractivity contribution is -0.183. The van der Waals surface area contributed by atoms with Gasteiger partial charge in [0.2, 0.25) is 5.95 Å². The van der Waals surface area contributed by atoms with Gasteiger partial charge in [-0.05, 0) is 63.4 Å². The second kappa shape index (κ2) is 18.6. The van der Waals surface area contributed by atoms with Gasteiger partial charge in [0.1, 0.15) is 17.7 Å². The number of pyridine rings is 2. The Hall–Kier alpha value is -1.33. The summed E-state index contributed by atoms with van der Waals surface area (Å²) in [6.45, 7) is 4.29. The molecule has 0 radical (unpaired) electrons. The molecule has 2 fully saturated rings. The number of aliphatic hydroxyl groups excluding tert-OH is 2. The molecule has 0 aromatic carbocycles. The summed E-state index contributed by atoms with van der Waals surface area (Å²) >= 11 is 3.81. The van der Waals surface area contributed by atoms with Gasteiger partial charge < -0.3 is 35.2 Å². The molecule has 2 aromatic rings. The van der Waals surface area contributed by atoms with Crippen molar-refractivity contribution in [3.8, 4) is 0 Å². The lowest BCUT2D eigenvalue weighted by Gasteiger charge is -2.28. The summed E-state index contributed by atoms with van der Waals surface area (Å²) in [5, 5.41) is 22.6. The van der Waals surface area contributed by atoms with E-state index in [9.17, 15) is 30.7 Å². The second-order valence-electron chi connectivity index (χ2n) is 9.14. The first-order valence-corrected chi connectivity index (χ1v) is 15.1. The molecule has 2 aromatic heterocycles. The average Bonchev–Trinajstić information content (AvgIpc) is 2.95. The molecule has 0 amide bonds. The van der Waals surface area contributed by atoms with Gasteiger partial charge >= 0.3 is 12.4 Å². The minimum Gasteiger partial charge on any atom is -0.396 e. The Balaban J connectivity index is 0.000000257. The van der Waals surface area contributed by atoms with Crippen LogP contribution < -0.4 is 15.5 Å². The Labute approximate surface area is 271 Å². The van der Waals surface area contributed by atoms with Crippen LogP contribution in [0.2, 0.25) is 0 Å². The van der Waals surface area contributed by atoms with E-state index in [2.05, 4.69) is 37.9 Å². The van der Waals surface area contributed by atoms with Gasteiger partial charge in [0.15, 0.2) is 0 Å². The van der Waals surface area contributed by atoms with Crippen LogP contribution in [0.5, 0.6) is 0 Å². The predicted molar refractivity (Wildman–Crippen MR) is 161 cm³/mol. The summed E-state index contributed by atoms with van der Waals surface area (Å²) in [5.74, 6) is -2.26. The maximum Gasteiger partial charge on any atom is 0.410 e. The molecule has 0 spiro atoms. The van der Waals surface area contributed by atoms with Crippen LogP contribution in [0.4, 0.5) is 42.4 Å². The van der Waals surface area contributed by atoms with E-state index in [1.807, 2.05) is 16.3 Å². The molecular formula is C25H32F7I2N5O4. The van der Waals surface area contributed by atoms with Crippen molar-refractivity contribution in [2.45, 2.75) is 24.8 Å². The van der Waals surface area contributed by atoms with Crippen molar-refractivity contribution in [1.29, 1.82) is 0 Å². The third-order valence-corrected chi connectivity index (χ3v) is 7.05. The standard InChI is InChI=1S/C13H16F3IN2O2.C8H7F4IN2O.C4H9NO/c14-13(15,16)9(8-20)5-11-6-10(17)7-12(18-11)19-1-3-21-4-2-19;9-6-1-4(13)2-7(15-6)14-5(3-16)8(10,11)12;1-3-6-4-2-5-1/h6-7,9,20H,1-5,8H2;1-2,5,16H,3H2,(H,14,15);5H,1-4H2/t9-;5-;/m00./s1. The quantitative estimate of drug-likeness (QED) is 0.187. The van der Waals surface area contributed by atoms with E-state index in [0.29, 0.717) is 41.4 Å². The van der Waals surface area contributed by atoms with Crippen molar-refractivity contribution >= 4 is 56.8 Å². The average molecular weight is 853 g/mol. The number of aliphatic hydroxyl groups is 2. The molecule has 0 bridgehead atoms. The minimum atomic E-state index is -4.62.